The van der Waals surface area contributed by atoms with E-state index in [0.717, 1.165) is 21.1 Å². The number of rotatable bonds is 5. The van der Waals surface area contributed by atoms with E-state index in [9.17, 15) is 13.2 Å². The van der Waals surface area contributed by atoms with Crippen molar-refractivity contribution in [1.82, 2.24) is 4.41 Å². The van der Waals surface area contributed by atoms with Crippen LogP contribution >= 0.6 is 0 Å². The van der Waals surface area contributed by atoms with Gasteiger partial charge in [0.25, 0.3) is 10.0 Å². The van der Waals surface area contributed by atoms with Crippen LogP contribution in [0.2, 0.25) is 0 Å². The van der Waals surface area contributed by atoms with Gasteiger partial charge in [0.05, 0.1) is 29.3 Å². The van der Waals surface area contributed by atoms with Gasteiger partial charge in [0, 0.05) is 17.9 Å². The van der Waals surface area contributed by atoms with Crippen LogP contribution in [0.15, 0.2) is 92.0 Å². The van der Waals surface area contributed by atoms with Crippen LogP contribution in [0.1, 0.15) is 34.7 Å². The zero-order valence-corrected chi connectivity index (χ0v) is 20.4. The van der Waals surface area contributed by atoms with E-state index in [0.29, 0.717) is 28.0 Å². The summed E-state index contributed by atoms with van der Waals surface area (Å²) in [5.74, 6) is 0.447. The Bertz CT molecular complexity index is 1600. The molecule has 1 unspecified atom stereocenters. The van der Waals surface area contributed by atoms with Gasteiger partial charge in [-0.2, -0.15) is 17.9 Å². The van der Waals surface area contributed by atoms with Crippen molar-refractivity contribution < 1.29 is 17.6 Å². The fraction of sp³-hybridized carbons (Fsp3) is 0.185. The van der Waals surface area contributed by atoms with Gasteiger partial charge in [-0.3, -0.25) is 0 Å². The summed E-state index contributed by atoms with van der Waals surface area (Å²) in [4.78, 5) is 12.2. The average molecular weight is 489 g/mol. The number of benzene rings is 3. The van der Waals surface area contributed by atoms with Gasteiger partial charge in [-0.1, -0.05) is 47.5 Å². The molecule has 0 spiro atoms. The van der Waals surface area contributed by atoms with Crippen LogP contribution in [0.5, 0.6) is 5.75 Å². The highest BCUT2D eigenvalue weighted by molar-refractivity contribution is 7.89. The van der Waals surface area contributed by atoms with Crippen molar-refractivity contribution in [3.05, 3.63) is 105 Å². The Balaban J connectivity index is 1.71. The first kappa shape index (κ1) is 22.9. The van der Waals surface area contributed by atoms with Crippen molar-refractivity contribution in [3.63, 3.8) is 0 Å². The van der Waals surface area contributed by atoms with E-state index in [4.69, 9.17) is 9.15 Å². The van der Waals surface area contributed by atoms with Crippen LogP contribution in [0.4, 0.5) is 0 Å². The van der Waals surface area contributed by atoms with E-state index < -0.39 is 21.7 Å². The summed E-state index contributed by atoms with van der Waals surface area (Å²) in [6.45, 7) is 3.88. The summed E-state index contributed by atoms with van der Waals surface area (Å²) in [5.41, 5.74) is 3.58. The van der Waals surface area contributed by atoms with E-state index in [-0.39, 0.29) is 11.3 Å². The first-order chi connectivity index (χ1) is 16.8. The molecule has 0 fully saturated rings. The maximum atomic E-state index is 13.8. The molecule has 2 heterocycles. The standard InChI is InChI=1S/C27H24N2O5S/c1-17-4-8-19(9-5-17)23-16-22(28-29(23)35(31,32)21-12-6-18(2)7-13-21)26-24(33-3)14-10-20-11-15-25(30)34-27(20)26/h4-15,23H,16H2,1-3H3. The van der Waals surface area contributed by atoms with Crippen molar-refractivity contribution >= 4 is 26.7 Å². The van der Waals surface area contributed by atoms with Crippen molar-refractivity contribution in [3.8, 4) is 5.75 Å². The van der Waals surface area contributed by atoms with Gasteiger partial charge in [0.15, 0.2) is 5.58 Å². The molecule has 178 valence electrons. The van der Waals surface area contributed by atoms with Crippen molar-refractivity contribution in [2.45, 2.75) is 31.2 Å². The molecule has 7 nitrogen and oxygen atoms in total. The molecule has 1 aliphatic heterocycles. The molecular formula is C27H24N2O5S. The second-order valence-electron chi connectivity index (χ2n) is 8.58. The van der Waals surface area contributed by atoms with E-state index in [1.54, 1.807) is 42.5 Å². The maximum absolute atomic E-state index is 13.8. The lowest BCUT2D eigenvalue weighted by molar-refractivity contribution is 0.371. The predicted octanol–water partition coefficient (Wildman–Crippen LogP) is 4.96. The minimum atomic E-state index is -3.97. The third-order valence-electron chi connectivity index (χ3n) is 6.16. The monoisotopic (exact) mass is 488 g/mol. The van der Waals surface area contributed by atoms with E-state index >= 15 is 0 Å². The quantitative estimate of drug-likeness (QED) is 0.371. The fourth-order valence-corrected chi connectivity index (χ4v) is 5.71. The number of hydrazone groups is 1. The summed E-state index contributed by atoms with van der Waals surface area (Å²) in [6, 6.07) is 20.4. The molecule has 5 rings (SSSR count). The Morgan fingerprint density at radius 1 is 0.914 bits per heavy atom. The van der Waals surface area contributed by atoms with Gasteiger partial charge in [-0.25, -0.2) is 4.79 Å². The highest BCUT2D eigenvalue weighted by Crippen LogP contribution is 2.40. The molecule has 0 amide bonds. The Labute approximate surface area is 203 Å². The molecule has 8 heteroatoms. The third kappa shape index (κ3) is 4.10. The van der Waals surface area contributed by atoms with Crippen molar-refractivity contribution in [2.24, 2.45) is 5.10 Å². The van der Waals surface area contributed by atoms with Gasteiger partial charge < -0.3 is 9.15 Å². The smallest absolute Gasteiger partial charge is 0.336 e. The third-order valence-corrected chi connectivity index (χ3v) is 7.86. The van der Waals surface area contributed by atoms with E-state index in [1.165, 1.54) is 13.2 Å². The molecule has 4 aromatic rings. The normalized spacial score (nSPS) is 15.9. The second kappa shape index (κ2) is 8.70. The van der Waals surface area contributed by atoms with Crippen molar-refractivity contribution in [2.75, 3.05) is 7.11 Å². The molecule has 1 atom stereocenters. The molecule has 1 aliphatic rings. The van der Waals surface area contributed by atoms with Crippen LogP contribution in [-0.4, -0.2) is 25.7 Å². The van der Waals surface area contributed by atoms with E-state index in [2.05, 4.69) is 5.10 Å². The number of nitrogens with zero attached hydrogens (tertiary/aromatic N) is 2. The first-order valence-corrected chi connectivity index (χ1v) is 12.6. The molecule has 35 heavy (non-hydrogen) atoms. The zero-order valence-electron chi connectivity index (χ0n) is 19.6. The fourth-order valence-electron chi connectivity index (χ4n) is 4.27. The summed E-state index contributed by atoms with van der Waals surface area (Å²) < 4.78 is 39.8. The number of hydrogen-bond donors (Lipinski definition) is 0. The Morgan fingerprint density at radius 3 is 2.20 bits per heavy atom. The average Bonchev–Trinajstić information content (AvgIpc) is 3.30. The molecule has 3 aromatic carbocycles. The van der Waals surface area contributed by atoms with Crippen LogP contribution in [0.25, 0.3) is 11.0 Å². The van der Waals surface area contributed by atoms with Crippen LogP contribution < -0.4 is 10.4 Å². The first-order valence-electron chi connectivity index (χ1n) is 11.1. The molecule has 0 N–H and O–H groups in total. The minimum Gasteiger partial charge on any atom is -0.496 e. The van der Waals surface area contributed by atoms with Gasteiger partial charge in [0.2, 0.25) is 0 Å². The highest BCUT2D eigenvalue weighted by Gasteiger charge is 2.39. The molecular weight excluding hydrogens is 464 g/mol. The maximum Gasteiger partial charge on any atom is 0.336 e. The second-order valence-corrected chi connectivity index (χ2v) is 10.4. The lowest BCUT2D eigenvalue weighted by Crippen LogP contribution is -2.27. The van der Waals surface area contributed by atoms with Gasteiger partial charge >= 0.3 is 5.63 Å². The number of aryl methyl sites for hydroxylation is 2. The number of hydrogen-bond acceptors (Lipinski definition) is 6. The van der Waals surface area contributed by atoms with Crippen LogP contribution in [-0.2, 0) is 10.0 Å². The molecule has 0 saturated heterocycles. The number of sulfonamides is 1. The molecule has 1 aromatic heterocycles. The molecule has 0 radical (unpaired) electrons. The Kier molecular flexibility index (Phi) is 5.68. The molecule has 0 bridgehead atoms. The summed E-state index contributed by atoms with van der Waals surface area (Å²) >= 11 is 0. The molecule has 0 saturated carbocycles. The van der Waals surface area contributed by atoms with Crippen molar-refractivity contribution in [1.29, 1.82) is 0 Å². The lowest BCUT2D eigenvalue weighted by Gasteiger charge is -2.23. The zero-order chi connectivity index (χ0) is 24.7. The van der Waals surface area contributed by atoms with Gasteiger partial charge in [0.1, 0.15) is 5.75 Å². The summed E-state index contributed by atoms with van der Waals surface area (Å²) in [5, 5.41) is 5.31. The SMILES string of the molecule is COc1ccc2ccc(=O)oc2c1C1=NN(S(=O)(=O)c2ccc(C)cc2)C(c2ccc(C)cc2)C1. The Morgan fingerprint density at radius 2 is 1.54 bits per heavy atom. The van der Waals surface area contributed by atoms with E-state index in [1.807, 2.05) is 38.1 Å². The van der Waals surface area contributed by atoms with Gasteiger partial charge in [-0.05, 0) is 49.7 Å². The van der Waals surface area contributed by atoms with Crippen LogP contribution in [0.3, 0.4) is 0 Å². The Hall–Kier alpha value is -3.91. The van der Waals surface area contributed by atoms with Crippen LogP contribution in [0, 0.1) is 13.8 Å². The topological polar surface area (TPSA) is 89.2 Å². The number of ether oxygens (including phenoxy) is 1. The molecule has 0 aliphatic carbocycles. The number of methoxy groups -OCH3 is 1. The summed E-state index contributed by atoms with van der Waals surface area (Å²) in [6.07, 6.45) is 0.280. The lowest BCUT2D eigenvalue weighted by atomic mass is 9.97. The van der Waals surface area contributed by atoms with Gasteiger partial charge in [-0.15, -0.1) is 0 Å². The minimum absolute atomic E-state index is 0.154. The summed E-state index contributed by atoms with van der Waals surface area (Å²) in [7, 11) is -2.46. The predicted molar refractivity (Wildman–Crippen MR) is 134 cm³/mol. The number of fused-ring (bicyclic) bond motifs is 1. The highest BCUT2D eigenvalue weighted by atomic mass is 32.2. The largest absolute Gasteiger partial charge is 0.496 e.